The van der Waals surface area contributed by atoms with Crippen LogP contribution in [0.1, 0.15) is 32.6 Å². The average molecular weight is 602 g/mol. The van der Waals surface area contributed by atoms with Crippen LogP contribution in [-0.2, 0) is 17.2 Å². The first-order valence-corrected chi connectivity index (χ1v) is 15.0. The van der Waals surface area contributed by atoms with Gasteiger partial charge in [-0.05, 0) is 63.1 Å². The molecule has 1 unspecified atom stereocenters. The first-order chi connectivity index (χ1) is 20.0. The molecular formula is C29H36FN5O6S. The fraction of sp³-hybridized carbons (Fsp3) is 0.379. The zero-order valence-electron chi connectivity index (χ0n) is 23.9. The van der Waals surface area contributed by atoms with Gasteiger partial charge in [0.1, 0.15) is 5.75 Å². The summed E-state index contributed by atoms with van der Waals surface area (Å²) in [6.45, 7) is 5.09. The number of aryl methyl sites for hydroxylation is 1. The molecule has 5 rings (SSSR count). The molecule has 0 saturated carbocycles. The van der Waals surface area contributed by atoms with Crippen molar-refractivity contribution in [1.82, 2.24) is 19.7 Å². The lowest BCUT2D eigenvalue weighted by Crippen LogP contribution is -2.38. The van der Waals surface area contributed by atoms with Crippen LogP contribution in [0.2, 0.25) is 0 Å². The molecular weight excluding hydrogens is 565 g/mol. The Morgan fingerprint density at radius 3 is 2.55 bits per heavy atom. The van der Waals surface area contributed by atoms with Crippen LogP contribution in [0.25, 0.3) is 10.9 Å². The molecule has 42 heavy (non-hydrogen) atoms. The number of nitrogens with two attached hydrogens (primary N) is 1. The number of nitrogens with zero attached hydrogens (tertiary/aromatic N) is 4. The van der Waals surface area contributed by atoms with Crippen molar-refractivity contribution in [3.05, 3.63) is 60.7 Å². The number of methoxy groups -OCH3 is 1. The topological polar surface area (TPSA) is 142 Å². The maximum absolute atomic E-state index is 14.2. The van der Waals surface area contributed by atoms with E-state index in [-0.39, 0.29) is 10.8 Å². The molecule has 1 aliphatic heterocycles. The Labute approximate surface area is 244 Å². The summed E-state index contributed by atoms with van der Waals surface area (Å²) in [5.74, 6) is 1.26. The molecule has 0 radical (unpaired) electrons. The fourth-order valence-electron chi connectivity index (χ4n) is 4.68. The highest BCUT2D eigenvalue weighted by Crippen LogP contribution is 2.37. The van der Waals surface area contributed by atoms with Gasteiger partial charge in [0.2, 0.25) is 5.03 Å². The molecule has 2 aromatic heterocycles. The maximum Gasteiger partial charge on any atom is 0.313 e. The van der Waals surface area contributed by atoms with Gasteiger partial charge in [-0.3, -0.25) is 14.2 Å². The molecule has 1 fully saturated rings. The zero-order valence-corrected chi connectivity index (χ0v) is 24.7. The third-order valence-electron chi connectivity index (χ3n) is 6.90. The van der Waals surface area contributed by atoms with Crippen LogP contribution in [-0.4, -0.2) is 65.5 Å². The zero-order chi connectivity index (χ0) is 30.3. The highest BCUT2D eigenvalue weighted by Gasteiger charge is 2.18. The Hall–Kier alpha value is -3.94. The van der Waals surface area contributed by atoms with Crippen molar-refractivity contribution in [1.29, 1.82) is 0 Å². The van der Waals surface area contributed by atoms with Crippen LogP contribution in [0.15, 0.2) is 59.9 Å². The van der Waals surface area contributed by atoms with Gasteiger partial charge >= 0.3 is 10.1 Å². The van der Waals surface area contributed by atoms with E-state index in [1.54, 1.807) is 32.5 Å². The van der Waals surface area contributed by atoms with Crippen molar-refractivity contribution in [2.24, 2.45) is 7.05 Å². The predicted octanol–water partition coefficient (Wildman–Crippen LogP) is 5.07. The molecule has 3 N–H and O–H groups in total. The maximum atomic E-state index is 14.2. The number of hydrogen-bond acceptors (Lipinski definition) is 9. The lowest BCUT2D eigenvalue weighted by molar-refractivity contribution is 0.148. The standard InChI is InChI=1S/C25H30FN3O3.C4H6N2O3S/c1-17-6-3-4-11-29(17)12-5-13-31-25-16-21-19(15-24(25)30-2)22(9-10-28-21)32-23-8-7-18(27)14-20(23)26;1-6-3-2-4(5-6)10(7,8)9/h7-10,14-17H,3-6,11-13,27H2,1-2H3;2-3H,1H3,(H,7,8,9). The molecule has 11 nitrogen and oxygen atoms in total. The summed E-state index contributed by atoms with van der Waals surface area (Å²) in [6.07, 6.45) is 7.88. The Morgan fingerprint density at radius 2 is 1.90 bits per heavy atom. The Morgan fingerprint density at radius 1 is 1.10 bits per heavy atom. The van der Waals surface area contributed by atoms with Crippen LogP contribution < -0.4 is 19.9 Å². The number of aromatic nitrogens is 3. The van der Waals surface area contributed by atoms with E-state index < -0.39 is 15.9 Å². The van der Waals surface area contributed by atoms with E-state index in [9.17, 15) is 12.8 Å². The van der Waals surface area contributed by atoms with Gasteiger partial charge in [-0.2, -0.15) is 13.5 Å². The predicted molar refractivity (Wildman–Crippen MR) is 157 cm³/mol. The third-order valence-corrected chi connectivity index (χ3v) is 7.65. The van der Waals surface area contributed by atoms with E-state index in [2.05, 4.69) is 21.9 Å². The summed E-state index contributed by atoms with van der Waals surface area (Å²) in [5, 5.41) is 3.84. The van der Waals surface area contributed by atoms with Gasteiger partial charge in [-0.15, -0.1) is 0 Å². The van der Waals surface area contributed by atoms with E-state index in [0.29, 0.717) is 46.5 Å². The van der Waals surface area contributed by atoms with Crippen LogP contribution in [0.4, 0.5) is 10.1 Å². The highest BCUT2D eigenvalue weighted by molar-refractivity contribution is 7.85. The van der Waals surface area contributed by atoms with E-state index in [0.717, 1.165) is 13.0 Å². The number of ether oxygens (including phenoxy) is 3. The minimum absolute atomic E-state index is 0.0953. The van der Waals surface area contributed by atoms with Crippen molar-refractivity contribution in [3.63, 3.8) is 0 Å². The van der Waals surface area contributed by atoms with E-state index in [1.165, 1.54) is 54.9 Å². The molecule has 0 spiro atoms. The Kier molecular flexibility index (Phi) is 10.2. The molecule has 4 aromatic rings. The molecule has 1 aliphatic rings. The minimum Gasteiger partial charge on any atom is -0.493 e. The number of rotatable bonds is 9. The second kappa shape index (κ2) is 13.8. The summed E-state index contributed by atoms with van der Waals surface area (Å²) in [5.41, 5.74) is 6.65. The highest BCUT2D eigenvalue weighted by atomic mass is 32.2. The normalized spacial score (nSPS) is 15.6. The largest absolute Gasteiger partial charge is 0.493 e. The summed E-state index contributed by atoms with van der Waals surface area (Å²) >= 11 is 0. The summed E-state index contributed by atoms with van der Waals surface area (Å²) in [7, 11) is -0.953. The molecule has 2 aromatic carbocycles. The van der Waals surface area contributed by atoms with E-state index >= 15 is 0 Å². The SMILES string of the molecule is COc1cc2c(Oc3ccc(N)cc3F)ccnc2cc1OCCCN1CCCCC1C.Cn1ccc(S(=O)(=O)O)n1. The van der Waals surface area contributed by atoms with Crippen LogP contribution in [0, 0.1) is 5.82 Å². The summed E-state index contributed by atoms with van der Waals surface area (Å²) in [6, 6.07) is 11.5. The molecule has 1 atom stereocenters. The van der Waals surface area contributed by atoms with Gasteiger partial charge in [0.25, 0.3) is 0 Å². The third kappa shape index (κ3) is 8.08. The number of pyridine rings is 1. The molecule has 13 heteroatoms. The summed E-state index contributed by atoms with van der Waals surface area (Å²) in [4.78, 5) is 6.96. The number of fused-ring (bicyclic) bond motifs is 1. The first-order valence-electron chi connectivity index (χ1n) is 13.6. The number of anilines is 1. The number of hydrogen-bond donors (Lipinski definition) is 2. The lowest BCUT2D eigenvalue weighted by Gasteiger charge is -2.33. The van der Waals surface area contributed by atoms with Crippen molar-refractivity contribution in [3.8, 4) is 23.0 Å². The molecule has 226 valence electrons. The fourth-order valence-corrected chi connectivity index (χ4v) is 5.14. The van der Waals surface area contributed by atoms with Gasteiger partial charge in [0.15, 0.2) is 23.1 Å². The number of likely N-dealkylation sites (tertiary alicyclic amines) is 1. The smallest absolute Gasteiger partial charge is 0.313 e. The number of piperidine rings is 1. The van der Waals surface area contributed by atoms with Crippen molar-refractivity contribution < 1.29 is 31.6 Å². The Bertz CT molecular complexity index is 1610. The monoisotopic (exact) mass is 601 g/mol. The van der Waals surface area contributed by atoms with Gasteiger partial charge in [0, 0.05) is 55.2 Å². The molecule has 0 amide bonds. The van der Waals surface area contributed by atoms with Gasteiger partial charge < -0.3 is 24.8 Å². The average Bonchev–Trinajstić information content (AvgIpc) is 3.40. The number of halogens is 1. The van der Waals surface area contributed by atoms with Crippen molar-refractivity contribution >= 4 is 26.7 Å². The second-order valence-electron chi connectivity index (χ2n) is 10.0. The molecule has 3 heterocycles. The van der Waals surface area contributed by atoms with Crippen LogP contribution in [0.3, 0.4) is 0 Å². The second-order valence-corrected chi connectivity index (χ2v) is 11.4. The quantitative estimate of drug-likeness (QED) is 0.152. The van der Waals surface area contributed by atoms with Crippen LogP contribution >= 0.6 is 0 Å². The molecule has 0 aliphatic carbocycles. The Balaban J connectivity index is 0.000000343. The number of benzene rings is 2. The van der Waals surface area contributed by atoms with Gasteiger partial charge in [0.05, 0.1) is 19.2 Å². The van der Waals surface area contributed by atoms with Gasteiger partial charge in [-0.25, -0.2) is 4.39 Å². The lowest BCUT2D eigenvalue weighted by atomic mass is 10.0. The summed E-state index contributed by atoms with van der Waals surface area (Å²) < 4.78 is 62.0. The number of nitrogen functional groups attached to an aromatic ring is 1. The van der Waals surface area contributed by atoms with Gasteiger partial charge in [-0.1, -0.05) is 6.42 Å². The minimum atomic E-state index is -4.11. The first kappa shape index (κ1) is 31.0. The van der Waals surface area contributed by atoms with Crippen LogP contribution in [0.5, 0.6) is 23.0 Å². The van der Waals surface area contributed by atoms with Crippen molar-refractivity contribution in [2.45, 2.75) is 43.7 Å². The van der Waals surface area contributed by atoms with E-state index in [1.807, 2.05) is 12.1 Å². The molecule has 1 saturated heterocycles. The van der Waals surface area contributed by atoms with Crippen molar-refractivity contribution in [2.75, 3.05) is 32.5 Å². The molecule has 0 bridgehead atoms. The van der Waals surface area contributed by atoms with E-state index in [4.69, 9.17) is 24.5 Å².